The summed E-state index contributed by atoms with van der Waals surface area (Å²) in [5.41, 5.74) is 2.24. The second-order valence-electron chi connectivity index (χ2n) is 7.77. The number of rotatable bonds is 4. The summed E-state index contributed by atoms with van der Waals surface area (Å²) in [6.07, 6.45) is 3.56. The van der Waals surface area contributed by atoms with Crippen molar-refractivity contribution in [2.75, 3.05) is 20.2 Å². The Hall–Kier alpha value is -3.55. The molecular weight excluding hydrogens is 382 g/mol. The fourth-order valence-corrected chi connectivity index (χ4v) is 4.54. The van der Waals surface area contributed by atoms with Crippen LogP contribution in [0.15, 0.2) is 54.9 Å². The smallest absolute Gasteiger partial charge is 0.272 e. The number of hydrogen-bond donors (Lipinski definition) is 0. The Bertz CT molecular complexity index is 1100. The third-order valence-corrected chi connectivity index (χ3v) is 6.11. The molecule has 1 aromatic carbocycles. The maximum atomic E-state index is 13.3. The maximum absolute atomic E-state index is 13.3. The van der Waals surface area contributed by atoms with E-state index < -0.39 is 0 Å². The summed E-state index contributed by atoms with van der Waals surface area (Å²) in [4.78, 5) is 30.1. The minimum Gasteiger partial charge on any atom is -0.497 e. The van der Waals surface area contributed by atoms with Crippen LogP contribution in [0.25, 0.3) is 0 Å². The molecule has 0 aliphatic carbocycles. The highest BCUT2D eigenvalue weighted by atomic mass is 16.5. The Balaban J connectivity index is 1.45. The molecule has 0 spiro atoms. The first-order valence-corrected chi connectivity index (χ1v) is 9.95. The molecule has 1 saturated heterocycles. The lowest BCUT2D eigenvalue weighted by atomic mass is 10.0. The highest BCUT2D eigenvalue weighted by Crippen LogP contribution is 2.35. The van der Waals surface area contributed by atoms with Crippen LogP contribution in [0.4, 0.5) is 0 Å². The van der Waals surface area contributed by atoms with Gasteiger partial charge in [0.15, 0.2) is 0 Å². The molecule has 4 heterocycles. The summed E-state index contributed by atoms with van der Waals surface area (Å²) in [6, 6.07) is 13.2. The fourth-order valence-electron chi connectivity index (χ4n) is 4.54. The van der Waals surface area contributed by atoms with Crippen LogP contribution in [-0.4, -0.2) is 62.2 Å². The molecule has 8 heteroatoms. The summed E-state index contributed by atoms with van der Waals surface area (Å²) in [6.45, 7) is 1.54. The van der Waals surface area contributed by atoms with Crippen LogP contribution in [-0.2, 0) is 13.6 Å². The third-order valence-electron chi connectivity index (χ3n) is 6.11. The van der Waals surface area contributed by atoms with Crippen molar-refractivity contribution in [1.29, 1.82) is 0 Å². The number of likely N-dealkylation sites (tertiary alicyclic amines) is 1. The van der Waals surface area contributed by atoms with E-state index in [-0.39, 0.29) is 23.9 Å². The monoisotopic (exact) mass is 405 g/mol. The molecule has 0 N–H and O–H groups in total. The van der Waals surface area contributed by atoms with Crippen molar-refractivity contribution in [3.05, 3.63) is 71.8 Å². The number of ether oxygens (including phenoxy) is 1. The van der Waals surface area contributed by atoms with Gasteiger partial charge in [-0.1, -0.05) is 12.1 Å². The van der Waals surface area contributed by atoms with Gasteiger partial charge in [0.2, 0.25) is 0 Å². The van der Waals surface area contributed by atoms with Crippen molar-refractivity contribution in [3.63, 3.8) is 0 Å². The van der Waals surface area contributed by atoms with E-state index in [2.05, 4.69) is 5.10 Å². The van der Waals surface area contributed by atoms with E-state index in [1.165, 1.54) is 0 Å². The SMILES string of the molecule is COc1ccc(CN2C(=O)c3cccn3[C@H]3CN(C(=O)c4ccnn4C)C[C@H]32)cc1. The van der Waals surface area contributed by atoms with Gasteiger partial charge in [0.05, 0.1) is 19.2 Å². The number of hydrogen-bond acceptors (Lipinski definition) is 4. The number of aryl methyl sites for hydroxylation is 1. The summed E-state index contributed by atoms with van der Waals surface area (Å²) in [7, 11) is 3.40. The van der Waals surface area contributed by atoms with Crippen molar-refractivity contribution in [3.8, 4) is 5.75 Å². The fraction of sp³-hybridized carbons (Fsp3) is 0.318. The van der Waals surface area contributed by atoms with Gasteiger partial charge in [0, 0.05) is 39.1 Å². The van der Waals surface area contributed by atoms with Gasteiger partial charge >= 0.3 is 0 Å². The second-order valence-corrected chi connectivity index (χ2v) is 7.77. The summed E-state index contributed by atoms with van der Waals surface area (Å²) in [5, 5.41) is 4.11. The molecule has 2 atom stereocenters. The number of aromatic nitrogens is 3. The van der Waals surface area contributed by atoms with Gasteiger partial charge in [-0.15, -0.1) is 0 Å². The number of fused-ring (bicyclic) bond motifs is 3. The minimum atomic E-state index is -0.0864. The van der Waals surface area contributed by atoms with Gasteiger partial charge < -0.3 is 19.1 Å². The van der Waals surface area contributed by atoms with Crippen LogP contribution >= 0.6 is 0 Å². The Morgan fingerprint density at radius 2 is 1.90 bits per heavy atom. The molecular formula is C22H23N5O3. The van der Waals surface area contributed by atoms with Crippen LogP contribution in [0.1, 0.15) is 32.6 Å². The van der Waals surface area contributed by atoms with E-state index in [0.717, 1.165) is 11.3 Å². The first-order chi connectivity index (χ1) is 14.6. The predicted octanol–water partition coefficient (Wildman–Crippen LogP) is 1.95. The zero-order valence-electron chi connectivity index (χ0n) is 16.9. The van der Waals surface area contributed by atoms with Crippen LogP contribution in [0.2, 0.25) is 0 Å². The average Bonchev–Trinajstić information content (AvgIpc) is 3.50. The van der Waals surface area contributed by atoms with E-state index in [4.69, 9.17) is 4.74 Å². The zero-order chi connectivity index (χ0) is 20.8. The van der Waals surface area contributed by atoms with E-state index >= 15 is 0 Å². The van der Waals surface area contributed by atoms with Crippen molar-refractivity contribution >= 4 is 11.8 Å². The lowest BCUT2D eigenvalue weighted by molar-refractivity contribution is 0.0550. The number of carbonyl (C=O) groups is 2. The molecule has 0 unspecified atom stereocenters. The average molecular weight is 405 g/mol. The Morgan fingerprint density at radius 3 is 2.60 bits per heavy atom. The topological polar surface area (TPSA) is 72.6 Å². The van der Waals surface area contributed by atoms with E-state index in [9.17, 15) is 9.59 Å². The molecule has 0 bridgehead atoms. The molecule has 2 aromatic heterocycles. The zero-order valence-corrected chi connectivity index (χ0v) is 16.9. The van der Waals surface area contributed by atoms with E-state index in [0.29, 0.717) is 31.0 Å². The van der Waals surface area contributed by atoms with Crippen molar-refractivity contribution in [2.45, 2.75) is 18.6 Å². The lowest BCUT2D eigenvalue weighted by Crippen LogP contribution is -2.49. The number of amides is 2. The number of nitrogens with zero attached hydrogens (tertiary/aromatic N) is 5. The number of methoxy groups -OCH3 is 1. The maximum Gasteiger partial charge on any atom is 0.272 e. The summed E-state index contributed by atoms with van der Waals surface area (Å²) in [5.74, 6) is 0.714. The van der Waals surface area contributed by atoms with Gasteiger partial charge in [0.25, 0.3) is 11.8 Å². The van der Waals surface area contributed by atoms with Crippen molar-refractivity contribution in [1.82, 2.24) is 24.1 Å². The molecule has 1 fully saturated rings. The highest BCUT2D eigenvalue weighted by Gasteiger charge is 2.46. The number of benzene rings is 1. The first-order valence-electron chi connectivity index (χ1n) is 9.95. The first kappa shape index (κ1) is 18.5. The molecule has 154 valence electrons. The molecule has 0 radical (unpaired) electrons. The van der Waals surface area contributed by atoms with Gasteiger partial charge in [-0.3, -0.25) is 14.3 Å². The lowest BCUT2D eigenvalue weighted by Gasteiger charge is -2.38. The highest BCUT2D eigenvalue weighted by molar-refractivity contribution is 5.95. The predicted molar refractivity (Wildman–Crippen MR) is 109 cm³/mol. The summed E-state index contributed by atoms with van der Waals surface area (Å²) >= 11 is 0. The molecule has 8 nitrogen and oxygen atoms in total. The van der Waals surface area contributed by atoms with Crippen LogP contribution < -0.4 is 4.74 Å². The molecule has 3 aromatic rings. The Labute approximate surface area is 174 Å². The molecule has 2 amide bonds. The second kappa shape index (κ2) is 7.05. The molecule has 2 aliphatic heterocycles. The quantitative estimate of drug-likeness (QED) is 0.665. The molecule has 5 rings (SSSR count). The Morgan fingerprint density at radius 1 is 1.13 bits per heavy atom. The summed E-state index contributed by atoms with van der Waals surface area (Å²) < 4.78 is 8.85. The largest absolute Gasteiger partial charge is 0.497 e. The van der Waals surface area contributed by atoms with Crippen LogP contribution in [0.5, 0.6) is 5.75 Å². The standard InChI is InChI=1S/C22H23N5O3/c1-24-17(9-10-23-24)21(28)25-13-19-20(14-25)27(22(29)18-4-3-11-26(18)19)12-15-5-7-16(30-2)8-6-15/h3-11,19-20H,12-14H2,1-2H3/t19-,20+/m0/s1. The van der Waals surface area contributed by atoms with Crippen LogP contribution in [0, 0.1) is 0 Å². The van der Waals surface area contributed by atoms with Gasteiger partial charge in [0.1, 0.15) is 17.1 Å². The third kappa shape index (κ3) is 2.87. The normalized spacial score (nSPS) is 20.3. The van der Waals surface area contributed by atoms with E-state index in [1.54, 1.807) is 31.1 Å². The van der Waals surface area contributed by atoms with Crippen molar-refractivity contribution in [2.24, 2.45) is 7.05 Å². The van der Waals surface area contributed by atoms with Crippen LogP contribution in [0.3, 0.4) is 0 Å². The minimum absolute atomic E-state index is 0.00750. The van der Waals surface area contributed by atoms with Gasteiger partial charge in [-0.25, -0.2) is 0 Å². The van der Waals surface area contributed by atoms with Gasteiger partial charge in [-0.2, -0.15) is 5.10 Å². The molecule has 0 saturated carbocycles. The van der Waals surface area contributed by atoms with Crippen molar-refractivity contribution < 1.29 is 14.3 Å². The number of carbonyl (C=O) groups excluding carboxylic acids is 2. The van der Waals surface area contributed by atoms with Gasteiger partial charge in [-0.05, 0) is 35.9 Å². The Kier molecular flexibility index (Phi) is 4.34. The molecule has 30 heavy (non-hydrogen) atoms. The molecule has 2 aliphatic rings. The van der Waals surface area contributed by atoms with E-state index in [1.807, 2.05) is 57.0 Å².